The third kappa shape index (κ3) is 11.7. The van der Waals surface area contributed by atoms with E-state index < -0.39 is 0 Å². The standard InChI is InChI=1S/C11H25N4.3ClH.Ti/c1-13-6-4-12-5-7-14(2)9-11-15(3)10-8-13;;;;/h10,12H,4-9,11H2,1-3H3;3*1H;/q;;;;+3/p-3. The molecule has 0 amide bonds. The van der Waals surface area contributed by atoms with Gasteiger partial charge in [0.1, 0.15) is 0 Å². The smallest absolute Gasteiger partial charge is 1.00 e. The summed E-state index contributed by atoms with van der Waals surface area (Å²) in [6.45, 7) is 7.96. The Morgan fingerprint density at radius 3 is 1.95 bits per heavy atom. The molecule has 0 spiro atoms. The van der Waals surface area contributed by atoms with Gasteiger partial charge in [-0.15, -0.1) is 0 Å². The van der Waals surface area contributed by atoms with Gasteiger partial charge in [0.25, 0.3) is 0 Å². The molecule has 1 fully saturated rings. The van der Waals surface area contributed by atoms with E-state index in [1.54, 1.807) is 0 Å². The Balaban J connectivity index is -0.000000853. The van der Waals surface area contributed by atoms with Crippen LogP contribution in [0.4, 0.5) is 0 Å². The van der Waals surface area contributed by atoms with Crippen LogP contribution in [0.5, 0.6) is 0 Å². The Labute approximate surface area is 148 Å². The van der Waals surface area contributed by atoms with Crippen molar-refractivity contribution in [1.29, 1.82) is 0 Å². The van der Waals surface area contributed by atoms with Crippen LogP contribution in [0.2, 0.25) is 0 Å². The fourth-order valence-electron chi connectivity index (χ4n) is 1.79. The first-order valence-electron chi connectivity index (χ1n) is 6.09. The minimum absolute atomic E-state index is 0. The summed E-state index contributed by atoms with van der Waals surface area (Å²) in [5.74, 6) is 0. The quantitative estimate of drug-likeness (QED) is 0.429. The Bertz CT molecular complexity index is 203. The molecule has 0 radical (unpaired) electrons. The maximum Gasteiger partial charge on any atom is -1.00 e. The number of likely N-dealkylation sites (N-methyl/N-ethyl adjacent to an activating group) is 3. The summed E-state index contributed by atoms with van der Waals surface area (Å²) >= 11 is 2.32. The third-order valence-electron chi connectivity index (χ3n) is 3.19. The normalized spacial score (nSPS) is 25.0. The number of nitrogens with one attached hydrogen (secondary N) is 1. The van der Waals surface area contributed by atoms with Crippen molar-refractivity contribution in [3.05, 3.63) is 0 Å². The van der Waals surface area contributed by atoms with Crippen LogP contribution in [-0.2, 0) is 20.4 Å². The van der Waals surface area contributed by atoms with E-state index in [9.17, 15) is 0 Å². The van der Waals surface area contributed by atoms with Gasteiger partial charge in [-0.2, -0.15) is 0 Å². The number of hydrogen-bond acceptors (Lipinski definition) is 4. The maximum atomic E-state index is 3.49. The number of hydrogen-bond donors (Lipinski definition) is 1. The van der Waals surface area contributed by atoms with Gasteiger partial charge in [-0.05, 0) is 0 Å². The average Bonchev–Trinajstić information content (AvgIpc) is 2.23. The molecular formula is C11H25Cl3N4Ti. The van der Waals surface area contributed by atoms with Crippen molar-refractivity contribution in [2.75, 3.05) is 67.0 Å². The van der Waals surface area contributed by atoms with Crippen molar-refractivity contribution in [3.63, 3.8) is 0 Å². The van der Waals surface area contributed by atoms with Crippen LogP contribution < -0.4 is 42.5 Å². The number of halogens is 3. The maximum absolute atomic E-state index is 3.49. The van der Waals surface area contributed by atoms with Crippen LogP contribution in [0.1, 0.15) is 0 Å². The van der Waals surface area contributed by atoms with Gasteiger partial charge in [0.2, 0.25) is 0 Å². The molecule has 1 saturated heterocycles. The first-order chi connectivity index (χ1) is 7.59. The summed E-state index contributed by atoms with van der Waals surface area (Å²) in [4.78, 5) is 7.28. The molecule has 0 aromatic heterocycles. The van der Waals surface area contributed by atoms with Gasteiger partial charge in [-0.25, -0.2) is 0 Å². The van der Waals surface area contributed by atoms with E-state index in [1.165, 1.54) is 0 Å². The Kier molecular flexibility index (Phi) is 19.2. The molecule has 0 aromatic carbocycles. The van der Waals surface area contributed by atoms with E-state index in [0.29, 0.717) is 4.35 Å². The van der Waals surface area contributed by atoms with Gasteiger partial charge in [-0.3, -0.25) is 0 Å². The summed E-state index contributed by atoms with van der Waals surface area (Å²) in [6.07, 6.45) is 0. The Morgan fingerprint density at radius 2 is 1.37 bits per heavy atom. The largest absolute Gasteiger partial charge is 1.00 e. The Hall–Kier alpha value is 1.42. The van der Waals surface area contributed by atoms with Crippen LogP contribution in [-0.4, -0.2) is 86.0 Å². The molecule has 1 aliphatic rings. The fourth-order valence-corrected chi connectivity index (χ4v) is 2.48. The van der Waals surface area contributed by atoms with E-state index in [4.69, 9.17) is 0 Å². The van der Waals surface area contributed by atoms with Crippen molar-refractivity contribution < 1.29 is 57.7 Å². The molecule has 1 N–H and O–H groups in total. The van der Waals surface area contributed by atoms with Crippen LogP contribution in [0.15, 0.2) is 0 Å². The van der Waals surface area contributed by atoms with Crippen LogP contribution in [0, 0.1) is 0 Å². The van der Waals surface area contributed by atoms with E-state index in [0.717, 1.165) is 45.8 Å². The minimum atomic E-state index is 0. The second kappa shape index (κ2) is 14.4. The van der Waals surface area contributed by atoms with E-state index in [1.807, 2.05) is 0 Å². The van der Waals surface area contributed by atoms with E-state index in [2.05, 4.69) is 61.6 Å². The summed E-state index contributed by atoms with van der Waals surface area (Å²) in [6, 6.07) is 0. The predicted molar refractivity (Wildman–Crippen MR) is 64.3 cm³/mol. The number of nitrogens with zero attached hydrogens (tertiary/aromatic N) is 3. The third-order valence-corrected chi connectivity index (χ3v) is 4.17. The molecule has 8 heteroatoms. The average molecular weight is 368 g/mol. The summed E-state index contributed by atoms with van der Waals surface area (Å²) in [5.41, 5.74) is 0. The van der Waals surface area contributed by atoms with Gasteiger partial charge >= 0.3 is 112 Å². The van der Waals surface area contributed by atoms with Crippen LogP contribution >= 0.6 is 0 Å². The molecule has 19 heavy (non-hydrogen) atoms. The molecule has 1 rings (SSSR count). The van der Waals surface area contributed by atoms with E-state index in [-0.39, 0.29) is 37.2 Å². The molecule has 1 heterocycles. The molecule has 0 bridgehead atoms. The van der Waals surface area contributed by atoms with Gasteiger partial charge in [0.05, 0.1) is 0 Å². The first-order valence-corrected chi connectivity index (χ1v) is 6.99. The molecular weight excluding hydrogens is 342 g/mol. The van der Waals surface area contributed by atoms with Gasteiger partial charge in [-0.1, -0.05) is 0 Å². The molecule has 0 saturated carbocycles. The van der Waals surface area contributed by atoms with Crippen molar-refractivity contribution >= 4 is 0 Å². The zero-order valence-corrected chi connectivity index (χ0v) is 15.8. The SMILES string of the molecule is CN1CCNCCN(C)C[CH]([Ti+3])N(C)CC1.[Cl-].[Cl-].[Cl-]. The molecule has 114 valence electrons. The Morgan fingerprint density at radius 1 is 0.842 bits per heavy atom. The monoisotopic (exact) mass is 366 g/mol. The van der Waals surface area contributed by atoms with Crippen molar-refractivity contribution in [1.82, 2.24) is 20.0 Å². The second-order valence-electron chi connectivity index (χ2n) is 4.81. The zero-order valence-electron chi connectivity index (χ0n) is 12.0. The van der Waals surface area contributed by atoms with Crippen LogP contribution in [0.25, 0.3) is 0 Å². The van der Waals surface area contributed by atoms with Crippen molar-refractivity contribution in [2.45, 2.75) is 4.35 Å². The molecule has 4 nitrogen and oxygen atoms in total. The predicted octanol–water partition coefficient (Wildman–Crippen LogP) is -9.73. The topological polar surface area (TPSA) is 21.8 Å². The van der Waals surface area contributed by atoms with Crippen molar-refractivity contribution in [3.8, 4) is 0 Å². The zero-order chi connectivity index (χ0) is 12.0. The van der Waals surface area contributed by atoms with Gasteiger partial charge in [0.15, 0.2) is 0 Å². The number of rotatable bonds is 0. The second-order valence-corrected chi connectivity index (χ2v) is 5.85. The molecule has 1 atom stereocenters. The van der Waals surface area contributed by atoms with Gasteiger partial charge < -0.3 is 37.2 Å². The molecule has 1 aliphatic heterocycles. The first kappa shape index (κ1) is 25.4. The molecule has 0 aromatic rings. The molecule has 0 aliphatic carbocycles. The summed E-state index contributed by atoms with van der Waals surface area (Å²) < 4.78 is 0.637. The molecule has 1 unspecified atom stereocenters. The van der Waals surface area contributed by atoms with Gasteiger partial charge in [0, 0.05) is 0 Å². The summed E-state index contributed by atoms with van der Waals surface area (Å²) in [5, 5.41) is 3.49. The minimum Gasteiger partial charge on any atom is -1.00 e. The van der Waals surface area contributed by atoms with E-state index >= 15 is 0 Å². The summed E-state index contributed by atoms with van der Waals surface area (Å²) in [7, 11) is 6.65. The van der Waals surface area contributed by atoms with Crippen LogP contribution in [0.3, 0.4) is 0 Å². The van der Waals surface area contributed by atoms with Crippen molar-refractivity contribution in [2.24, 2.45) is 0 Å². The fraction of sp³-hybridized carbons (Fsp3) is 1.00.